The molecule has 0 bridgehead atoms. The largest absolute Gasteiger partial charge is 0.339 e. The second-order valence-electron chi connectivity index (χ2n) is 5.02. The number of nitrogens with zero attached hydrogens (tertiary/aromatic N) is 1. The monoisotopic (exact) mass is 264 g/mol. The van der Waals surface area contributed by atoms with Gasteiger partial charge in [0.1, 0.15) is 5.82 Å². The Hall–Kier alpha value is -1.42. The summed E-state index contributed by atoms with van der Waals surface area (Å²) in [6.45, 7) is 5.54. The molecule has 0 unspecified atom stereocenters. The van der Waals surface area contributed by atoms with Crippen molar-refractivity contribution in [3.05, 3.63) is 35.6 Å². The van der Waals surface area contributed by atoms with Gasteiger partial charge in [0, 0.05) is 13.1 Å². The third-order valence-electron chi connectivity index (χ3n) is 3.69. The van der Waals surface area contributed by atoms with Crippen LogP contribution in [-0.2, 0) is 0 Å². The van der Waals surface area contributed by atoms with Crippen molar-refractivity contribution in [2.75, 3.05) is 26.2 Å². The number of carbonyl (C=O) groups excluding carboxylic acids is 1. The van der Waals surface area contributed by atoms with Gasteiger partial charge in [-0.3, -0.25) is 4.79 Å². The number of carbonyl (C=O) groups is 1. The van der Waals surface area contributed by atoms with Gasteiger partial charge in [0.2, 0.25) is 0 Å². The number of benzene rings is 1. The Kier molecular flexibility index (Phi) is 4.91. The highest BCUT2D eigenvalue weighted by atomic mass is 19.1. The van der Waals surface area contributed by atoms with Gasteiger partial charge in [0.05, 0.1) is 5.56 Å². The Morgan fingerprint density at radius 1 is 1.37 bits per heavy atom. The number of nitrogens with one attached hydrogen (secondary N) is 1. The van der Waals surface area contributed by atoms with E-state index in [1.54, 1.807) is 23.1 Å². The average molecular weight is 264 g/mol. The summed E-state index contributed by atoms with van der Waals surface area (Å²) >= 11 is 0. The molecule has 0 saturated carbocycles. The minimum atomic E-state index is -0.428. The normalized spacial score (nSPS) is 16.6. The van der Waals surface area contributed by atoms with Gasteiger partial charge in [-0.2, -0.15) is 0 Å². The number of hydrogen-bond donors (Lipinski definition) is 1. The molecule has 1 saturated heterocycles. The van der Waals surface area contributed by atoms with Crippen LogP contribution in [0.2, 0.25) is 0 Å². The maximum atomic E-state index is 13.6. The maximum absolute atomic E-state index is 13.6. The fourth-order valence-electron chi connectivity index (χ4n) is 2.49. The van der Waals surface area contributed by atoms with Crippen LogP contribution in [-0.4, -0.2) is 37.0 Å². The van der Waals surface area contributed by atoms with E-state index >= 15 is 0 Å². The first-order chi connectivity index (χ1) is 9.22. The molecule has 1 aliphatic heterocycles. The Morgan fingerprint density at radius 3 is 2.68 bits per heavy atom. The van der Waals surface area contributed by atoms with Crippen molar-refractivity contribution in [3.8, 4) is 0 Å². The number of halogens is 1. The van der Waals surface area contributed by atoms with Gasteiger partial charge in [-0.05, 0) is 44.0 Å². The second-order valence-corrected chi connectivity index (χ2v) is 5.02. The lowest BCUT2D eigenvalue weighted by Gasteiger charge is -2.32. The third kappa shape index (κ3) is 3.53. The molecule has 1 fully saturated rings. The minimum Gasteiger partial charge on any atom is -0.339 e. The van der Waals surface area contributed by atoms with Crippen LogP contribution in [0.25, 0.3) is 0 Å². The Bertz CT molecular complexity index is 428. The van der Waals surface area contributed by atoms with Crippen LogP contribution in [0.3, 0.4) is 0 Å². The zero-order valence-electron chi connectivity index (χ0n) is 11.4. The molecule has 0 radical (unpaired) electrons. The molecule has 1 aromatic carbocycles. The van der Waals surface area contributed by atoms with Gasteiger partial charge in [0.25, 0.3) is 5.91 Å². The van der Waals surface area contributed by atoms with E-state index in [9.17, 15) is 9.18 Å². The van der Waals surface area contributed by atoms with Gasteiger partial charge < -0.3 is 10.2 Å². The van der Waals surface area contributed by atoms with E-state index in [1.807, 2.05) is 0 Å². The molecule has 3 nitrogen and oxygen atoms in total. The Balaban J connectivity index is 1.91. The van der Waals surface area contributed by atoms with Crippen LogP contribution in [0.5, 0.6) is 0 Å². The lowest BCUT2D eigenvalue weighted by Crippen LogP contribution is -2.41. The van der Waals surface area contributed by atoms with Gasteiger partial charge >= 0.3 is 0 Å². The maximum Gasteiger partial charge on any atom is 0.256 e. The summed E-state index contributed by atoms with van der Waals surface area (Å²) in [5.74, 6) is 0.0203. The summed E-state index contributed by atoms with van der Waals surface area (Å²) in [5, 5.41) is 3.34. The van der Waals surface area contributed by atoms with E-state index < -0.39 is 5.82 Å². The highest BCUT2D eigenvalue weighted by molar-refractivity contribution is 5.94. The zero-order valence-corrected chi connectivity index (χ0v) is 11.4. The fraction of sp³-hybridized carbons (Fsp3) is 0.533. The number of amides is 1. The molecular weight excluding hydrogens is 243 g/mol. The Morgan fingerprint density at radius 2 is 2.05 bits per heavy atom. The summed E-state index contributed by atoms with van der Waals surface area (Å²) in [6, 6.07) is 6.20. The first-order valence-corrected chi connectivity index (χ1v) is 6.97. The summed E-state index contributed by atoms with van der Waals surface area (Å²) in [7, 11) is 0. The van der Waals surface area contributed by atoms with Gasteiger partial charge in [-0.1, -0.05) is 19.1 Å². The number of piperidine rings is 1. The molecule has 0 aliphatic carbocycles. The molecule has 0 aromatic heterocycles. The van der Waals surface area contributed by atoms with Gasteiger partial charge in [-0.25, -0.2) is 4.39 Å². The van der Waals surface area contributed by atoms with Crippen LogP contribution in [0, 0.1) is 11.7 Å². The van der Waals surface area contributed by atoms with Crippen molar-refractivity contribution in [1.29, 1.82) is 0 Å². The minimum absolute atomic E-state index is 0.181. The van der Waals surface area contributed by atoms with Crippen molar-refractivity contribution in [2.45, 2.75) is 19.8 Å². The molecule has 4 heteroatoms. The predicted octanol–water partition coefficient (Wildman–Crippen LogP) is 2.29. The summed E-state index contributed by atoms with van der Waals surface area (Å²) < 4.78 is 13.6. The fourth-order valence-corrected chi connectivity index (χ4v) is 2.49. The number of hydrogen-bond acceptors (Lipinski definition) is 2. The van der Waals surface area contributed by atoms with E-state index in [0.29, 0.717) is 5.92 Å². The molecule has 1 heterocycles. The SMILES string of the molecule is CCNCC1CCN(C(=O)c2ccccc2F)CC1. The first kappa shape index (κ1) is 14.0. The highest BCUT2D eigenvalue weighted by Gasteiger charge is 2.24. The standard InChI is InChI=1S/C15H21FN2O/c1-2-17-11-12-7-9-18(10-8-12)15(19)13-5-3-4-6-14(13)16/h3-6,12,17H,2,7-11H2,1H3. The topological polar surface area (TPSA) is 32.3 Å². The molecule has 1 aromatic rings. The average Bonchev–Trinajstić information content (AvgIpc) is 2.45. The summed E-state index contributed by atoms with van der Waals surface area (Å²) in [4.78, 5) is 14.0. The van der Waals surface area contributed by atoms with Crippen LogP contribution in [0.1, 0.15) is 30.1 Å². The van der Waals surface area contributed by atoms with Crippen molar-refractivity contribution < 1.29 is 9.18 Å². The molecule has 19 heavy (non-hydrogen) atoms. The zero-order chi connectivity index (χ0) is 13.7. The molecule has 2 rings (SSSR count). The molecule has 1 amide bonds. The number of likely N-dealkylation sites (tertiary alicyclic amines) is 1. The van der Waals surface area contributed by atoms with Crippen LogP contribution >= 0.6 is 0 Å². The number of rotatable bonds is 4. The van der Waals surface area contributed by atoms with Crippen molar-refractivity contribution in [2.24, 2.45) is 5.92 Å². The van der Waals surface area contributed by atoms with E-state index in [4.69, 9.17) is 0 Å². The van der Waals surface area contributed by atoms with Crippen LogP contribution in [0.15, 0.2) is 24.3 Å². The quantitative estimate of drug-likeness (QED) is 0.905. The van der Waals surface area contributed by atoms with Crippen LogP contribution in [0.4, 0.5) is 4.39 Å². The highest BCUT2D eigenvalue weighted by Crippen LogP contribution is 2.19. The van der Waals surface area contributed by atoms with Gasteiger partial charge in [-0.15, -0.1) is 0 Å². The molecule has 1 N–H and O–H groups in total. The van der Waals surface area contributed by atoms with E-state index in [-0.39, 0.29) is 11.5 Å². The first-order valence-electron chi connectivity index (χ1n) is 6.97. The molecule has 0 atom stereocenters. The summed E-state index contributed by atoms with van der Waals surface area (Å²) in [5.41, 5.74) is 0.188. The molecule has 104 valence electrons. The van der Waals surface area contributed by atoms with Crippen molar-refractivity contribution in [3.63, 3.8) is 0 Å². The van der Waals surface area contributed by atoms with Crippen molar-refractivity contribution in [1.82, 2.24) is 10.2 Å². The predicted molar refractivity (Wildman–Crippen MR) is 73.6 cm³/mol. The summed E-state index contributed by atoms with van der Waals surface area (Å²) in [6.07, 6.45) is 1.99. The Labute approximate surface area is 113 Å². The molecule has 1 aliphatic rings. The van der Waals surface area contributed by atoms with Crippen LogP contribution < -0.4 is 5.32 Å². The van der Waals surface area contributed by atoms with E-state index in [1.165, 1.54) is 6.07 Å². The van der Waals surface area contributed by atoms with Gasteiger partial charge in [0.15, 0.2) is 0 Å². The third-order valence-corrected chi connectivity index (χ3v) is 3.69. The van der Waals surface area contributed by atoms with E-state index in [2.05, 4.69) is 12.2 Å². The lowest BCUT2D eigenvalue weighted by molar-refractivity contribution is 0.0685. The smallest absolute Gasteiger partial charge is 0.256 e. The van der Waals surface area contributed by atoms with E-state index in [0.717, 1.165) is 39.0 Å². The second kappa shape index (κ2) is 6.66. The molecular formula is C15H21FN2O. The lowest BCUT2D eigenvalue weighted by atomic mass is 9.96. The van der Waals surface area contributed by atoms with Crippen molar-refractivity contribution >= 4 is 5.91 Å². The molecule has 0 spiro atoms.